The van der Waals surface area contributed by atoms with Gasteiger partial charge in [0.1, 0.15) is 0 Å². The SMILES string of the molecule is COC(F)(C(F)(F)F)C(F)(F)C(F)(C(F)(F)F)C(F)(F)F. The van der Waals surface area contributed by atoms with Crippen LogP contribution in [0.4, 0.5) is 57.1 Å². The van der Waals surface area contributed by atoms with Crippen molar-refractivity contribution in [3.8, 4) is 0 Å². The molecule has 0 aromatic carbocycles. The van der Waals surface area contributed by atoms with E-state index >= 15 is 0 Å². The maximum absolute atomic E-state index is 13.0. The highest BCUT2D eigenvalue weighted by Gasteiger charge is 2.93. The summed E-state index contributed by atoms with van der Waals surface area (Å²) in [7, 11) is -0.603. The van der Waals surface area contributed by atoms with Crippen LogP contribution in [0.1, 0.15) is 0 Å². The van der Waals surface area contributed by atoms with Crippen LogP contribution in [0.5, 0.6) is 0 Å². The second-order valence-corrected chi connectivity index (χ2v) is 3.53. The molecule has 1 unspecified atom stereocenters. The molecular weight excluding hydrogens is 347 g/mol. The van der Waals surface area contributed by atoms with E-state index in [1.165, 1.54) is 0 Å². The Morgan fingerprint density at radius 1 is 0.524 bits per heavy atom. The van der Waals surface area contributed by atoms with Gasteiger partial charge in [-0.1, -0.05) is 0 Å². The van der Waals surface area contributed by atoms with Gasteiger partial charge in [0, 0.05) is 7.11 Å². The molecule has 21 heavy (non-hydrogen) atoms. The van der Waals surface area contributed by atoms with Crippen LogP contribution in [0.3, 0.4) is 0 Å². The van der Waals surface area contributed by atoms with E-state index in [2.05, 4.69) is 4.74 Å². The van der Waals surface area contributed by atoms with Gasteiger partial charge >= 0.3 is 36.0 Å². The van der Waals surface area contributed by atoms with E-state index in [4.69, 9.17) is 0 Å². The second-order valence-electron chi connectivity index (χ2n) is 3.53. The van der Waals surface area contributed by atoms with E-state index in [1.54, 1.807) is 0 Å². The first-order valence-electron chi connectivity index (χ1n) is 4.32. The molecule has 0 aromatic heterocycles. The van der Waals surface area contributed by atoms with Crippen molar-refractivity contribution in [3.05, 3.63) is 0 Å². The van der Waals surface area contributed by atoms with Crippen molar-refractivity contribution in [2.45, 2.75) is 36.0 Å². The molecule has 0 aliphatic carbocycles. The fourth-order valence-corrected chi connectivity index (χ4v) is 1.16. The molecule has 0 saturated carbocycles. The lowest BCUT2D eigenvalue weighted by atomic mass is 9.89. The van der Waals surface area contributed by atoms with Crippen molar-refractivity contribution in [2.75, 3.05) is 7.11 Å². The predicted molar refractivity (Wildman–Crippen MR) is 37.8 cm³/mol. The summed E-state index contributed by atoms with van der Waals surface area (Å²) in [4.78, 5) is 0. The molecular formula is C7H3F13O. The molecule has 0 rings (SSSR count). The van der Waals surface area contributed by atoms with Gasteiger partial charge in [0.15, 0.2) is 0 Å². The number of rotatable bonds is 3. The molecule has 1 atom stereocenters. The van der Waals surface area contributed by atoms with E-state index in [0.29, 0.717) is 0 Å². The normalized spacial score (nSPS) is 18.6. The molecule has 0 bridgehead atoms. The third-order valence-corrected chi connectivity index (χ3v) is 2.26. The molecule has 0 fully saturated rings. The Morgan fingerprint density at radius 2 is 0.810 bits per heavy atom. The van der Waals surface area contributed by atoms with Crippen LogP contribution >= 0.6 is 0 Å². The largest absolute Gasteiger partial charge is 0.455 e. The van der Waals surface area contributed by atoms with Crippen molar-refractivity contribution < 1.29 is 61.8 Å². The van der Waals surface area contributed by atoms with Gasteiger partial charge in [-0.2, -0.15) is 52.7 Å². The van der Waals surface area contributed by atoms with Gasteiger partial charge in [-0.25, -0.2) is 4.39 Å². The lowest BCUT2D eigenvalue weighted by Gasteiger charge is -2.42. The Hall–Kier alpha value is -0.950. The molecule has 0 N–H and O–H groups in total. The number of ether oxygens (including phenoxy) is 1. The lowest BCUT2D eigenvalue weighted by Crippen LogP contribution is -2.74. The summed E-state index contributed by atoms with van der Waals surface area (Å²) in [6.07, 6.45) is -22.3. The van der Waals surface area contributed by atoms with Crippen LogP contribution in [0, 0.1) is 0 Å². The average molecular weight is 350 g/mol. The first-order chi connectivity index (χ1) is 8.81. The van der Waals surface area contributed by atoms with E-state index < -0.39 is 43.1 Å². The Kier molecular flexibility index (Phi) is 4.56. The van der Waals surface area contributed by atoms with Gasteiger partial charge in [0.25, 0.3) is 0 Å². The zero-order valence-corrected chi connectivity index (χ0v) is 9.32. The predicted octanol–water partition coefficient (Wildman–Crippen LogP) is 4.33. The van der Waals surface area contributed by atoms with Crippen LogP contribution in [0.15, 0.2) is 0 Å². The highest BCUT2D eigenvalue weighted by molar-refractivity contribution is 5.13. The molecule has 0 saturated heterocycles. The summed E-state index contributed by atoms with van der Waals surface area (Å²) < 4.78 is 162. The van der Waals surface area contributed by atoms with E-state index in [1.807, 2.05) is 0 Å². The van der Waals surface area contributed by atoms with Crippen LogP contribution in [0.25, 0.3) is 0 Å². The Bertz CT molecular complexity index is 361. The van der Waals surface area contributed by atoms with Crippen molar-refractivity contribution >= 4 is 0 Å². The fraction of sp³-hybridized carbons (Fsp3) is 1.00. The average Bonchev–Trinajstić information content (AvgIpc) is 2.21. The summed E-state index contributed by atoms with van der Waals surface area (Å²) in [5, 5.41) is 0. The summed E-state index contributed by atoms with van der Waals surface area (Å²) in [6, 6.07) is 0. The molecule has 0 heterocycles. The molecule has 0 amide bonds. The van der Waals surface area contributed by atoms with Gasteiger partial charge in [0.2, 0.25) is 0 Å². The quantitative estimate of drug-likeness (QED) is 0.689. The molecule has 0 aromatic rings. The van der Waals surface area contributed by atoms with Crippen LogP contribution in [0.2, 0.25) is 0 Å². The summed E-state index contributed by atoms with van der Waals surface area (Å²) in [5.74, 6) is -14.6. The molecule has 0 radical (unpaired) electrons. The zero-order chi connectivity index (χ0) is 17.7. The van der Waals surface area contributed by atoms with Gasteiger partial charge in [-0.3, -0.25) is 0 Å². The van der Waals surface area contributed by atoms with Crippen molar-refractivity contribution in [3.63, 3.8) is 0 Å². The molecule has 0 aliphatic rings. The van der Waals surface area contributed by atoms with Gasteiger partial charge in [-0.15, -0.1) is 0 Å². The molecule has 14 heteroatoms. The minimum Gasteiger partial charge on any atom is -0.338 e. The van der Waals surface area contributed by atoms with Crippen LogP contribution < -0.4 is 0 Å². The second kappa shape index (κ2) is 4.78. The smallest absolute Gasteiger partial charge is 0.338 e. The van der Waals surface area contributed by atoms with Gasteiger partial charge in [0.05, 0.1) is 0 Å². The number of halogens is 13. The van der Waals surface area contributed by atoms with Crippen molar-refractivity contribution in [2.24, 2.45) is 0 Å². The van der Waals surface area contributed by atoms with E-state index in [0.717, 1.165) is 0 Å². The third kappa shape index (κ3) is 2.50. The standard InChI is InChI=1S/C7H3F13O/c1-21-4(11,7(18,19)20)3(9,10)2(8,5(12,13)14)6(15,16)17/h1H3. The van der Waals surface area contributed by atoms with Crippen LogP contribution in [-0.2, 0) is 4.74 Å². The minimum absolute atomic E-state index is 0.603. The third-order valence-electron chi connectivity index (χ3n) is 2.26. The summed E-state index contributed by atoms with van der Waals surface area (Å²) in [5.41, 5.74) is -7.84. The van der Waals surface area contributed by atoms with Gasteiger partial charge < -0.3 is 4.74 Å². The van der Waals surface area contributed by atoms with Crippen LogP contribution in [-0.4, -0.2) is 43.1 Å². The first-order valence-corrected chi connectivity index (χ1v) is 4.32. The Labute approximate surface area is 106 Å². The highest BCUT2D eigenvalue weighted by Crippen LogP contribution is 2.61. The van der Waals surface area contributed by atoms with Crippen molar-refractivity contribution in [1.29, 1.82) is 0 Å². The minimum atomic E-state index is -7.84. The maximum Gasteiger partial charge on any atom is 0.455 e. The Balaban J connectivity index is 6.54. The summed E-state index contributed by atoms with van der Waals surface area (Å²) in [6.45, 7) is 0. The number of alkyl halides is 13. The molecule has 0 spiro atoms. The highest BCUT2D eigenvalue weighted by atomic mass is 19.4. The molecule has 1 nitrogen and oxygen atoms in total. The van der Waals surface area contributed by atoms with E-state index in [-0.39, 0.29) is 0 Å². The maximum atomic E-state index is 13.0. The number of hydrogen-bond acceptors (Lipinski definition) is 1. The zero-order valence-electron chi connectivity index (χ0n) is 9.32. The fourth-order valence-electron chi connectivity index (χ4n) is 1.16. The number of methoxy groups -OCH3 is 1. The molecule has 128 valence electrons. The van der Waals surface area contributed by atoms with Crippen molar-refractivity contribution in [1.82, 2.24) is 0 Å². The topological polar surface area (TPSA) is 9.23 Å². The Morgan fingerprint density at radius 3 is 0.952 bits per heavy atom. The number of hydrogen-bond donors (Lipinski definition) is 0. The van der Waals surface area contributed by atoms with E-state index in [9.17, 15) is 57.1 Å². The van der Waals surface area contributed by atoms with Gasteiger partial charge in [-0.05, 0) is 0 Å². The lowest BCUT2D eigenvalue weighted by molar-refractivity contribution is -0.473. The first kappa shape index (κ1) is 20.1. The molecule has 0 aliphatic heterocycles. The summed E-state index contributed by atoms with van der Waals surface area (Å²) >= 11 is 0. The monoisotopic (exact) mass is 350 g/mol.